The van der Waals surface area contributed by atoms with Crippen molar-refractivity contribution in [3.05, 3.63) is 28.2 Å². The summed E-state index contributed by atoms with van der Waals surface area (Å²) in [6.07, 6.45) is 5.47. The number of rotatable bonds is 4. The van der Waals surface area contributed by atoms with Gasteiger partial charge in [0.2, 0.25) is 0 Å². The Hall–Kier alpha value is -1.01. The molecule has 0 unspecified atom stereocenters. The van der Waals surface area contributed by atoms with Crippen LogP contribution in [0.5, 0.6) is 0 Å². The van der Waals surface area contributed by atoms with Crippen molar-refractivity contribution >= 4 is 21.6 Å². The Bertz CT molecular complexity index is 458. The minimum absolute atomic E-state index is 0.635. The van der Waals surface area contributed by atoms with E-state index >= 15 is 0 Å². The summed E-state index contributed by atoms with van der Waals surface area (Å²) in [5, 5.41) is 12.6. The lowest BCUT2D eigenvalue weighted by Crippen LogP contribution is -2.24. The van der Waals surface area contributed by atoms with Gasteiger partial charge in [-0.15, -0.1) is 0 Å². The summed E-state index contributed by atoms with van der Waals surface area (Å²) < 4.78 is 0.976. The Morgan fingerprint density at radius 2 is 1.82 bits per heavy atom. The number of halogens is 1. The highest BCUT2D eigenvalue weighted by Crippen LogP contribution is 2.46. The minimum Gasteiger partial charge on any atom is -0.382 e. The average Bonchev–Trinajstić information content (AvgIpc) is 3.16. The normalized spacial score (nSPS) is 19.1. The Labute approximate surface area is 110 Å². The SMILES string of the molecule is N#Cc1cc(Br)cc(NC(C2CC2)C2CC2)c1. The van der Waals surface area contributed by atoms with Crippen LogP contribution in [0.15, 0.2) is 22.7 Å². The second-order valence-corrected chi connectivity index (χ2v) is 6.10. The quantitative estimate of drug-likeness (QED) is 0.912. The highest BCUT2D eigenvalue weighted by molar-refractivity contribution is 9.10. The molecule has 0 heterocycles. The lowest BCUT2D eigenvalue weighted by atomic mass is 10.1. The van der Waals surface area contributed by atoms with E-state index in [-0.39, 0.29) is 0 Å². The number of nitriles is 1. The molecule has 2 nitrogen and oxygen atoms in total. The van der Waals surface area contributed by atoms with Crippen LogP contribution in [-0.2, 0) is 0 Å². The van der Waals surface area contributed by atoms with Crippen molar-refractivity contribution in [3.8, 4) is 6.07 Å². The molecule has 0 aromatic heterocycles. The molecule has 0 spiro atoms. The molecular weight excluding hydrogens is 276 g/mol. The number of anilines is 1. The average molecular weight is 291 g/mol. The zero-order chi connectivity index (χ0) is 11.8. The summed E-state index contributed by atoms with van der Waals surface area (Å²) in [5.41, 5.74) is 1.80. The van der Waals surface area contributed by atoms with E-state index in [1.165, 1.54) is 25.7 Å². The summed E-state index contributed by atoms with van der Waals surface area (Å²) in [6.45, 7) is 0. The first-order valence-electron chi connectivity index (χ1n) is 6.23. The topological polar surface area (TPSA) is 35.8 Å². The molecule has 2 aliphatic carbocycles. The molecule has 0 saturated heterocycles. The number of nitrogens with zero attached hydrogens (tertiary/aromatic N) is 1. The van der Waals surface area contributed by atoms with Crippen molar-refractivity contribution in [3.63, 3.8) is 0 Å². The van der Waals surface area contributed by atoms with Gasteiger partial charge in [-0.05, 0) is 55.7 Å². The van der Waals surface area contributed by atoms with Crippen LogP contribution in [0.3, 0.4) is 0 Å². The lowest BCUT2D eigenvalue weighted by Gasteiger charge is -2.19. The van der Waals surface area contributed by atoms with Crippen LogP contribution in [-0.4, -0.2) is 6.04 Å². The predicted molar refractivity (Wildman–Crippen MR) is 71.7 cm³/mol. The third kappa shape index (κ3) is 2.63. The van der Waals surface area contributed by atoms with Gasteiger partial charge in [-0.25, -0.2) is 0 Å². The first-order chi connectivity index (χ1) is 8.26. The number of hydrogen-bond donors (Lipinski definition) is 1. The summed E-state index contributed by atoms with van der Waals surface area (Å²) >= 11 is 3.46. The van der Waals surface area contributed by atoms with E-state index in [1.54, 1.807) is 0 Å². The third-order valence-electron chi connectivity index (χ3n) is 3.62. The molecule has 88 valence electrons. The third-order valence-corrected chi connectivity index (χ3v) is 4.08. The number of benzene rings is 1. The van der Waals surface area contributed by atoms with Crippen LogP contribution in [0.4, 0.5) is 5.69 Å². The monoisotopic (exact) mass is 290 g/mol. The molecule has 1 aromatic rings. The van der Waals surface area contributed by atoms with E-state index in [1.807, 2.05) is 12.1 Å². The first-order valence-corrected chi connectivity index (χ1v) is 7.03. The van der Waals surface area contributed by atoms with Crippen molar-refractivity contribution in [2.24, 2.45) is 11.8 Å². The van der Waals surface area contributed by atoms with Crippen LogP contribution in [0, 0.1) is 23.2 Å². The molecule has 2 saturated carbocycles. The highest BCUT2D eigenvalue weighted by atomic mass is 79.9. The van der Waals surface area contributed by atoms with Crippen LogP contribution in [0.25, 0.3) is 0 Å². The molecule has 0 bridgehead atoms. The summed E-state index contributed by atoms with van der Waals surface area (Å²) in [7, 11) is 0. The smallest absolute Gasteiger partial charge is 0.0992 e. The standard InChI is InChI=1S/C14H15BrN2/c15-12-5-9(8-16)6-13(7-12)17-14(10-1-2-10)11-3-4-11/h5-7,10-11,14,17H,1-4H2. The second-order valence-electron chi connectivity index (χ2n) is 5.19. The van der Waals surface area contributed by atoms with Gasteiger partial charge < -0.3 is 5.32 Å². The van der Waals surface area contributed by atoms with Crippen LogP contribution in [0.2, 0.25) is 0 Å². The van der Waals surface area contributed by atoms with Gasteiger partial charge in [0, 0.05) is 16.2 Å². The molecule has 0 amide bonds. The number of hydrogen-bond acceptors (Lipinski definition) is 2. The van der Waals surface area contributed by atoms with Crippen LogP contribution < -0.4 is 5.32 Å². The zero-order valence-corrected chi connectivity index (χ0v) is 11.2. The minimum atomic E-state index is 0.635. The van der Waals surface area contributed by atoms with E-state index < -0.39 is 0 Å². The molecule has 3 rings (SSSR count). The second kappa shape index (κ2) is 4.34. The van der Waals surface area contributed by atoms with Crippen molar-refractivity contribution in [1.82, 2.24) is 0 Å². The van der Waals surface area contributed by atoms with Gasteiger partial charge in [0.05, 0.1) is 11.6 Å². The Kier molecular flexibility index (Phi) is 2.84. The molecule has 3 heteroatoms. The fraction of sp³-hybridized carbons (Fsp3) is 0.500. The molecule has 1 aromatic carbocycles. The van der Waals surface area contributed by atoms with E-state index in [0.717, 1.165) is 22.0 Å². The molecule has 0 aliphatic heterocycles. The van der Waals surface area contributed by atoms with Crippen LogP contribution in [0.1, 0.15) is 31.2 Å². The Balaban J connectivity index is 1.78. The van der Waals surface area contributed by atoms with Crippen molar-refractivity contribution < 1.29 is 0 Å². The zero-order valence-electron chi connectivity index (χ0n) is 9.62. The van der Waals surface area contributed by atoms with Gasteiger partial charge in [0.25, 0.3) is 0 Å². The molecule has 2 fully saturated rings. The van der Waals surface area contributed by atoms with Crippen molar-refractivity contribution in [2.45, 2.75) is 31.7 Å². The van der Waals surface area contributed by atoms with Crippen molar-refractivity contribution in [2.75, 3.05) is 5.32 Å². The van der Waals surface area contributed by atoms with Gasteiger partial charge in [0.1, 0.15) is 0 Å². The van der Waals surface area contributed by atoms with Crippen molar-refractivity contribution in [1.29, 1.82) is 5.26 Å². The molecule has 17 heavy (non-hydrogen) atoms. The highest BCUT2D eigenvalue weighted by Gasteiger charge is 2.41. The van der Waals surface area contributed by atoms with Crippen LogP contribution >= 0.6 is 15.9 Å². The number of nitrogens with one attached hydrogen (secondary N) is 1. The first kappa shape index (κ1) is 11.1. The van der Waals surface area contributed by atoms with Gasteiger partial charge in [-0.2, -0.15) is 5.26 Å². The van der Waals surface area contributed by atoms with Gasteiger partial charge >= 0.3 is 0 Å². The largest absolute Gasteiger partial charge is 0.382 e. The predicted octanol–water partition coefficient (Wildman–Crippen LogP) is 3.92. The molecule has 2 aliphatic rings. The Morgan fingerprint density at radius 3 is 2.35 bits per heavy atom. The van der Waals surface area contributed by atoms with E-state index in [9.17, 15) is 0 Å². The maximum Gasteiger partial charge on any atom is 0.0992 e. The van der Waals surface area contributed by atoms with Gasteiger partial charge in [-0.1, -0.05) is 15.9 Å². The summed E-state index contributed by atoms with van der Waals surface area (Å²) in [4.78, 5) is 0. The van der Waals surface area contributed by atoms with E-state index in [2.05, 4.69) is 33.4 Å². The summed E-state index contributed by atoms with van der Waals surface area (Å²) in [5.74, 6) is 1.74. The molecule has 1 N–H and O–H groups in total. The lowest BCUT2D eigenvalue weighted by molar-refractivity contribution is 0.568. The van der Waals surface area contributed by atoms with Gasteiger partial charge in [0.15, 0.2) is 0 Å². The molecule has 0 radical (unpaired) electrons. The fourth-order valence-electron chi connectivity index (χ4n) is 2.46. The van der Waals surface area contributed by atoms with Gasteiger partial charge in [-0.3, -0.25) is 0 Å². The molecule has 0 atom stereocenters. The Morgan fingerprint density at radius 1 is 1.18 bits per heavy atom. The summed E-state index contributed by atoms with van der Waals surface area (Å²) in [6, 6.07) is 8.71. The maximum absolute atomic E-state index is 8.97. The van der Waals surface area contributed by atoms with E-state index in [4.69, 9.17) is 5.26 Å². The van der Waals surface area contributed by atoms with E-state index in [0.29, 0.717) is 11.6 Å². The maximum atomic E-state index is 8.97. The fourth-order valence-corrected chi connectivity index (χ4v) is 2.95. The molecular formula is C14H15BrN2.